The molecule has 2 amide bonds. The molecule has 2 aliphatic rings. The summed E-state index contributed by atoms with van der Waals surface area (Å²) in [5.41, 5.74) is 0. The normalized spacial score (nSPS) is 30.1. The molecule has 7 heteroatoms. The molecule has 1 saturated carbocycles. The molecule has 1 aliphatic carbocycles. The molecule has 0 aromatic carbocycles. The van der Waals surface area contributed by atoms with Crippen molar-refractivity contribution in [3.63, 3.8) is 0 Å². The molecule has 1 saturated heterocycles. The van der Waals surface area contributed by atoms with E-state index in [1.165, 1.54) is 11.9 Å². The highest BCUT2D eigenvalue weighted by Crippen LogP contribution is 2.33. The van der Waals surface area contributed by atoms with E-state index >= 15 is 0 Å². The highest BCUT2D eigenvalue weighted by Gasteiger charge is 2.40. The van der Waals surface area contributed by atoms with Crippen molar-refractivity contribution in [2.45, 2.75) is 25.3 Å². The summed E-state index contributed by atoms with van der Waals surface area (Å²) in [5, 5.41) is 11.5. The summed E-state index contributed by atoms with van der Waals surface area (Å²) < 4.78 is 5.26. The lowest BCUT2D eigenvalue weighted by molar-refractivity contribution is -0.151. The molecule has 2 rings (SSSR count). The Morgan fingerprint density at radius 3 is 2.55 bits per heavy atom. The number of hydrogen-bond donors (Lipinski definition) is 2. The minimum absolute atomic E-state index is 0.120. The molecular formula is C13H20N2O5. The van der Waals surface area contributed by atoms with Crippen molar-refractivity contribution in [3.8, 4) is 0 Å². The van der Waals surface area contributed by atoms with Crippen LogP contribution >= 0.6 is 0 Å². The lowest BCUT2D eigenvalue weighted by Crippen LogP contribution is -2.56. The van der Waals surface area contributed by atoms with Gasteiger partial charge >= 0.3 is 5.97 Å². The van der Waals surface area contributed by atoms with E-state index in [0.717, 1.165) is 0 Å². The topological polar surface area (TPSA) is 95.9 Å². The first kappa shape index (κ1) is 14.8. The number of hydrogen-bond acceptors (Lipinski definition) is 4. The Hall–Kier alpha value is -1.63. The summed E-state index contributed by atoms with van der Waals surface area (Å²) in [6.07, 6.45) is 1.47. The Morgan fingerprint density at radius 2 is 1.95 bits per heavy atom. The van der Waals surface area contributed by atoms with Crippen LogP contribution in [0.15, 0.2) is 0 Å². The Bertz CT molecular complexity index is 412. The molecule has 112 valence electrons. The third-order valence-corrected chi connectivity index (χ3v) is 4.09. The summed E-state index contributed by atoms with van der Waals surface area (Å²) in [6, 6.07) is -0.606. The number of carboxylic acid groups (broad SMARTS) is 1. The Morgan fingerprint density at radius 1 is 1.25 bits per heavy atom. The molecule has 1 aliphatic heterocycles. The molecule has 2 fully saturated rings. The molecule has 20 heavy (non-hydrogen) atoms. The van der Waals surface area contributed by atoms with E-state index in [2.05, 4.69) is 5.32 Å². The maximum absolute atomic E-state index is 12.5. The Balaban J connectivity index is 2.03. The van der Waals surface area contributed by atoms with Crippen molar-refractivity contribution in [1.29, 1.82) is 0 Å². The van der Waals surface area contributed by atoms with E-state index in [1.54, 1.807) is 0 Å². The summed E-state index contributed by atoms with van der Waals surface area (Å²) >= 11 is 0. The smallest absolute Gasteiger partial charge is 0.306 e. The van der Waals surface area contributed by atoms with Crippen molar-refractivity contribution in [2.24, 2.45) is 11.8 Å². The van der Waals surface area contributed by atoms with Crippen molar-refractivity contribution < 1.29 is 24.2 Å². The molecule has 0 aromatic heterocycles. The van der Waals surface area contributed by atoms with Crippen LogP contribution in [0.2, 0.25) is 0 Å². The minimum Gasteiger partial charge on any atom is -0.481 e. The number of carboxylic acids is 1. The van der Waals surface area contributed by atoms with Crippen molar-refractivity contribution in [3.05, 3.63) is 0 Å². The first-order chi connectivity index (χ1) is 9.54. The quantitative estimate of drug-likeness (QED) is 0.725. The van der Waals surface area contributed by atoms with Crippen molar-refractivity contribution in [2.75, 3.05) is 26.8 Å². The van der Waals surface area contributed by atoms with Crippen molar-refractivity contribution in [1.82, 2.24) is 10.2 Å². The molecule has 3 atom stereocenters. The number of likely N-dealkylation sites (N-methyl/N-ethyl adjacent to an activating group) is 1. The largest absolute Gasteiger partial charge is 0.481 e. The summed E-state index contributed by atoms with van der Waals surface area (Å²) in [7, 11) is 1.52. The van der Waals surface area contributed by atoms with Crippen LogP contribution in [0.5, 0.6) is 0 Å². The van der Waals surface area contributed by atoms with Crippen LogP contribution in [-0.2, 0) is 19.1 Å². The van der Waals surface area contributed by atoms with Crippen LogP contribution in [0, 0.1) is 11.8 Å². The van der Waals surface area contributed by atoms with Crippen LogP contribution in [0.25, 0.3) is 0 Å². The maximum atomic E-state index is 12.5. The van der Waals surface area contributed by atoms with Crippen LogP contribution in [-0.4, -0.2) is 60.6 Å². The number of carbonyl (C=O) groups is 3. The summed E-state index contributed by atoms with van der Waals surface area (Å²) in [5.74, 6) is -1.94. The van der Waals surface area contributed by atoms with Gasteiger partial charge in [-0.3, -0.25) is 14.4 Å². The van der Waals surface area contributed by atoms with Crippen LogP contribution in [0.1, 0.15) is 19.3 Å². The molecule has 0 spiro atoms. The lowest BCUT2D eigenvalue weighted by atomic mass is 10.0. The van der Waals surface area contributed by atoms with Crippen LogP contribution in [0.4, 0.5) is 0 Å². The van der Waals surface area contributed by atoms with Gasteiger partial charge in [-0.15, -0.1) is 0 Å². The maximum Gasteiger partial charge on any atom is 0.306 e. The van der Waals surface area contributed by atoms with Gasteiger partial charge in [-0.2, -0.15) is 0 Å². The fourth-order valence-electron chi connectivity index (χ4n) is 2.92. The van der Waals surface area contributed by atoms with E-state index in [-0.39, 0.29) is 24.3 Å². The molecule has 1 unspecified atom stereocenters. The first-order valence-electron chi connectivity index (χ1n) is 6.87. The number of nitrogens with one attached hydrogen (secondary N) is 1. The zero-order valence-corrected chi connectivity index (χ0v) is 11.5. The third-order valence-electron chi connectivity index (χ3n) is 4.09. The number of aliphatic carboxylic acids is 1. The number of rotatable bonds is 3. The Kier molecular flexibility index (Phi) is 4.59. The molecule has 2 N–H and O–H groups in total. The second-order valence-corrected chi connectivity index (χ2v) is 5.28. The minimum atomic E-state index is -0.842. The highest BCUT2D eigenvalue weighted by atomic mass is 16.5. The predicted octanol–water partition coefficient (Wildman–Crippen LogP) is -0.539. The summed E-state index contributed by atoms with van der Waals surface area (Å²) in [4.78, 5) is 36.8. The molecule has 1 heterocycles. The van der Waals surface area contributed by atoms with Crippen molar-refractivity contribution >= 4 is 17.8 Å². The zero-order chi connectivity index (χ0) is 14.7. The molecular weight excluding hydrogens is 264 g/mol. The lowest BCUT2D eigenvalue weighted by Gasteiger charge is -2.35. The number of ether oxygens (including phenoxy) is 1. The third kappa shape index (κ3) is 2.92. The number of morpholine rings is 1. The van der Waals surface area contributed by atoms with Gasteiger partial charge in [0.1, 0.15) is 6.04 Å². The average molecular weight is 284 g/mol. The second-order valence-electron chi connectivity index (χ2n) is 5.28. The predicted molar refractivity (Wildman–Crippen MR) is 68.9 cm³/mol. The fraction of sp³-hybridized carbons (Fsp3) is 0.769. The van der Waals surface area contributed by atoms with Gasteiger partial charge in [0.2, 0.25) is 11.8 Å². The number of carbonyl (C=O) groups excluding carboxylic acids is 2. The standard InChI is InChI=1S/C13H20N2O5/c1-14-11(16)10-7-20-5-4-15(10)12(17)8-2-3-9(6-8)13(18)19/h8-10H,2-7H2,1H3,(H,14,16)(H,18,19)/t8-,9+,10?/m1/s1. The van der Waals surface area contributed by atoms with Gasteiger partial charge in [-0.25, -0.2) is 0 Å². The van der Waals surface area contributed by atoms with E-state index in [0.29, 0.717) is 32.4 Å². The van der Waals surface area contributed by atoms with Crippen LogP contribution in [0.3, 0.4) is 0 Å². The van der Waals surface area contributed by atoms with E-state index in [9.17, 15) is 14.4 Å². The highest BCUT2D eigenvalue weighted by molar-refractivity contribution is 5.89. The zero-order valence-electron chi connectivity index (χ0n) is 11.5. The van der Waals surface area contributed by atoms with Gasteiger partial charge in [0.25, 0.3) is 0 Å². The van der Waals surface area contributed by atoms with Gasteiger partial charge in [-0.1, -0.05) is 0 Å². The van der Waals surface area contributed by atoms with Gasteiger partial charge in [0.05, 0.1) is 19.1 Å². The number of amides is 2. The van der Waals surface area contributed by atoms with Gasteiger partial charge in [-0.05, 0) is 19.3 Å². The van der Waals surface area contributed by atoms with Gasteiger partial charge < -0.3 is 20.1 Å². The SMILES string of the molecule is CNC(=O)C1COCCN1C(=O)[C@@H]1CC[C@H](C(=O)O)C1. The van der Waals surface area contributed by atoms with E-state index in [1.807, 2.05) is 0 Å². The first-order valence-corrected chi connectivity index (χ1v) is 6.87. The van der Waals surface area contributed by atoms with Crippen LogP contribution < -0.4 is 5.32 Å². The fourth-order valence-corrected chi connectivity index (χ4v) is 2.92. The number of nitrogens with zero attached hydrogens (tertiary/aromatic N) is 1. The van der Waals surface area contributed by atoms with Gasteiger partial charge in [0.15, 0.2) is 0 Å². The molecule has 0 radical (unpaired) electrons. The monoisotopic (exact) mass is 284 g/mol. The molecule has 0 aromatic rings. The Labute approximate surface area is 117 Å². The molecule has 7 nitrogen and oxygen atoms in total. The summed E-state index contributed by atoms with van der Waals surface area (Å²) in [6.45, 7) is 0.986. The van der Waals surface area contributed by atoms with E-state index < -0.39 is 17.9 Å². The van der Waals surface area contributed by atoms with Gasteiger partial charge in [0, 0.05) is 19.5 Å². The van der Waals surface area contributed by atoms with E-state index in [4.69, 9.17) is 9.84 Å². The second kappa shape index (κ2) is 6.21. The molecule has 0 bridgehead atoms. The average Bonchev–Trinajstić information content (AvgIpc) is 2.95.